The van der Waals surface area contributed by atoms with Gasteiger partial charge in [0.25, 0.3) is 0 Å². The fourth-order valence-corrected chi connectivity index (χ4v) is 3.74. The van der Waals surface area contributed by atoms with Crippen LogP contribution in [0.4, 0.5) is 5.13 Å². The first-order valence-electron chi connectivity index (χ1n) is 7.16. The summed E-state index contributed by atoms with van der Waals surface area (Å²) < 4.78 is 0. The molecule has 0 amide bonds. The van der Waals surface area contributed by atoms with E-state index in [0.717, 1.165) is 18.6 Å². The standard InChI is InChI=1S/C14H23N3S/c1-10-13(9-15-11-7-8-11)18-14(16-10)17(2)12-5-3-4-6-12/h11-12,15H,3-9H2,1-2H3. The van der Waals surface area contributed by atoms with Gasteiger partial charge in [0.2, 0.25) is 0 Å². The maximum absolute atomic E-state index is 4.76. The van der Waals surface area contributed by atoms with Gasteiger partial charge in [0.15, 0.2) is 5.13 Å². The first-order valence-corrected chi connectivity index (χ1v) is 7.98. The number of hydrogen-bond acceptors (Lipinski definition) is 4. The van der Waals surface area contributed by atoms with Gasteiger partial charge in [0.05, 0.1) is 5.69 Å². The molecular weight excluding hydrogens is 242 g/mol. The monoisotopic (exact) mass is 265 g/mol. The number of aryl methyl sites for hydroxylation is 1. The third kappa shape index (κ3) is 2.69. The van der Waals surface area contributed by atoms with E-state index in [4.69, 9.17) is 4.98 Å². The molecule has 1 aromatic rings. The van der Waals surface area contributed by atoms with E-state index < -0.39 is 0 Å². The molecule has 3 rings (SSSR count). The molecule has 0 saturated heterocycles. The van der Waals surface area contributed by atoms with E-state index in [1.54, 1.807) is 0 Å². The highest BCUT2D eigenvalue weighted by Gasteiger charge is 2.24. The lowest BCUT2D eigenvalue weighted by atomic mass is 10.2. The summed E-state index contributed by atoms with van der Waals surface area (Å²) in [6.07, 6.45) is 8.15. The Kier molecular flexibility index (Phi) is 3.57. The van der Waals surface area contributed by atoms with Gasteiger partial charge in [-0.1, -0.05) is 12.8 Å². The third-order valence-electron chi connectivity index (χ3n) is 4.18. The van der Waals surface area contributed by atoms with Gasteiger partial charge in [-0.25, -0.2) is 4.98 Å². The summed E-state index contributed by atoms with van der Waals surface area (Å²) in [4.78, 5) is 8.58. The molecule has 1 aromatic heterocycles. The van der Waals surface area contributed by atoms with Gasteiger partial charge in [0, 0.05) is 30.6 Å². The van der Waals surface area contributed by atoms with Crippen LogP contribution < -0.4 is 10.2 Å². The van der Waals surface area contributed by atoms with Crippen LogP contribution in [0.2, 0.25) is 0 Å². The molecule has 18 heavy (non-hydrogen) atoms. The fourth-order valence-electron chi connectivity index (χ4n) is 2.70. The molecule has 0 spiro atoms. The molecule has 4 heteroatoms. The third-order valence-corrected chi connectivity index (χ3v) is 5.43. The van der Waals surface area contributed by atoms with E-state index in [-0.39, 0.29) is 0 Å². The van der Waals surface area contributed by atoms with Crippen LogP contribution in [-0.2, 0) is 6.54 Å². The normalized spacial score (nSPS) is 20.6. The lowest BCUT2D eigenvalue weighted by Crippen LogP contribution is -2.28. The van der Waals surface area contributed by atoms with Gasteiger partial charge in [-0.3, -0.25) is 0 Å². The van der Waals surface area contributed by atoms with Crippen LogP contribution in [0, 0.1) is 6.92 Å². The molecule has 0 unspecified atom stereocenters. The average Bonchev–Trinajstić information content (AvgIpc) is 2.90. The second-order valence-electron chi connectivity index (χ2n) is 5.71. The summed E-state index contributed by atoms with van der Waals surface area (Å²) in [6, 6.07) is 1.50. The summed E-state index contributed by atoms with van der Waals surface area (Å²) in [5, 5.41) is 4.80. The van der Waals surface area contributed by atoms with E-state index >= 15 is 0 Å². The quantitative estimate of drug-likeness (QED) is 0.887. The van der Waals surface area contributed by atoms with Crippen molar-refractivity contribution in [2.75, 3.05) is 11.9 Å². The van der Waals surface area contributed by atoms with Crippen LogP contribution in [0.3, 0.4) is 0 Å². The van der Waals surface area contributed by atoms with Crippen molar-refractivity contribution >= 4 is 16.5 Å². The van der Waals surface area contributed by atoms with E-state index in [1.165, 1.54) is 54.2 Å². The van der Waals surface area contributed by atoms with Crippen molar-refractivity contribution in [3.05, 3.63) is 10.6 Å². The molecule has 2 saturated carbocycles. The van der Waals surface area contributed by atoms with Crippen molar-refractivity contribution < 1.29 is 0 Å². The Hall–Kier alpha value is -0.610. The Morgan fingerprint density at radius 1 is 1.28 bits per heavy atom. The molecule has 2 aliphatic rings. The number of hydrogen-bond donors (Lipinski definition) is 1. The number of nitrogens with one attached hydrogen (secondary N) is 1. The minimum atomic E-state index is 0.722. The Morgan fingerprint density at radius 2 is 2.00 bits per heavy atom. The number of thiazole rings is 1. The second kappa shape index (κ2) is 5.17. The Balaban J connectivity index is 1.65. The second-order valence-corrected chi connectivity index (χ2v) is 6.77. The van der Waals surface area contributed by atoms with Crippen molar-refractivity contribution in [1.29, 1.82) is 0 Å². The number of anilines is 1. The zero-order valence-corrected chi connectivity index (χ0v) is 12.2. The molecule has 0 radical (unpaired) electrons. The number of rotatable bonds is 5. The first-order chi connectivity index (χ1) is 8.74. The van der Waals surface area contributed by atoms with Crippen molar-refractivity contribution in [3.63, 3.8) is 0 Å². The zero-order valence-electron chi connectivity index (χ0n) is 11.4. The van der Waals surface area contributed by atoms with E-state index in [9.17, 15) is 0 Å². The van der Waals surface area contributed by atoms with Crippen LogP contribution in [0.25, 0.3) is 0 Å². The number of nitrogens with zero attached hydrogens (tertiary/aromatic N) is 2. The van der Waals surface area contributed by atoms with Crippen molar-refractivity contribution in [2.45, 2.75) is 64.1 Å². The molecule has 3 nitrogen and oxygen atoms in total. The van der Waals surface area contributed by atoms with Crippen LogP contribution in [-0.4, -0.2) is 24.1 Å². The molecule has 0 bridgehead atoms. The summed E-state index contributed by atoms with van der Waals surface area (Å²) in [5.74, 6) is 0. The molecule has 0 aromatic carbocycles. The molecular formula is C14H23N3S. The summed E-state index contributed by atoms with van der Waals surface area (Å²) in [6.45, 7) is 3.15. The SMILES string of the molecule is Cc1nc(N(C)C2CCCC2)sc1CNC1CC1. The summed E-state index contributed by atoms with van der Waals surface area (Å²) >= 11 is 1.88. The van der Waals surface area contributed by atoms with Gasteiger partial charge < -0.3 is 10.2 Å². The highest BCUT2D eigenvalue weighted by Crippen LogP contribution is 2.32. The zero-order chi connectivity index (χ0) is 12.5. The van der Waals surface area contributed by atoms with E-state index in [0.29, 0.717) is 0 Å². The minimum Gasteiger partial charge on any atom is -0.348 e. The number of aromatic nitrogens is 1. The molecule has 2 aliphatic carbocycles. The maximum Gasteiger partial charge on any atom is 0.185 e. The molecule has 0 atom stereocenters. The summed E-state index contributed by atoms with van der Waals surface area (Å²) in [7, 11) is 2.21. The van der Waals surface area contributed by atoms with Gasteiger partial charge >= 0.3 is 0 Å². The van der Waals surface area contributed by atoms with Crippen molar-refractivity contribution in [3.8, 4) is 0 Å². The molecule has 100 valence electrons. The fraction of sp³-hybridized carbons (Fsp3) is 0.786. The predicted octanol–water partition coefficient (Wildman–Crippen LogP) is 3.08. The van der Waals surface area contributed by atoms with Gasteiger partial charge in [-0.15, -0.1) is 11.3 Å². The summed E-state index contributed by atoms with van der Waals surface area (Å²) in [5.41, 5.74) is 1.22. The highest BCUT2D eigenvalue weighted by atomic mass is 32.1. The minimum absolute atomic E-state index is 0.722. The van der Waals surface area contributed by atoms with E-state index in [1.807, 2.05) is 11.3 Å². The largest absolute Gasteiger partial charge is 0.348 e. The van der Waals surface area contributed by atoms with Crippen molar-refractivity contribution in [2.24, 2.45) is 0 Å². The Labute approximate surface area is 114 Å². The lowest BCUT2D eigenvalue weighted by Gasteiger charge is -2.23. The average molecular weight is 265 g/mol. The molecule has 2 fully saturated rings. The smallest absolute Gasteiger partial charge is 0.185 e. The van der Waals surface area contributed by atoms with Gasteiger partial charge in [-0.05, 0) is 32.6 Å². The maximum atomic E-state index is 4.76. The molecule has 0 aliphatic heterocycles. The Morgan fingerprint density at radius 3 is 2.67 bits per heavy atom. The lowest BCUT2D eigenvalue weighted by molar-refractivity contribution is 0.651. The highest BCUT2D eigenvalue weighted by molar-refractivity contribution is 7.15. The Bertz CT molecular complexity index is 405. The van der Waals surface area contributed by atoms with E-state index in [2.05, 4.69) is 24.2 Å². The van der Waals surface area contributed by atoms with Crippen LogP contribution >= 0.6 is 11.3 Å². The predicted molar refractivity (Wildman–Crippen MR) is 77.4 cm³/mol. The van der Waals surface area contributed by atoms with Gasteiger partial charge in [0.1, 0.15) is 0 Å². The first kappa shape index (κ1) is 12.4. The van der Waals surface area contributed by atoms with Crippen LogP contribution in [0.15, 0.2) is 0 Å². The van der Waals surface area contributed by atoms with Gasteiger partial charge in [-0.2, -0.15) is 0 Å². The van der Waals surface area contributed by atoms with Crippen LogP contribution in [0.1, 0.15) is 49.1 Å². The van der Waals surface area contributed by atoms with Crippen molar-refractivity contribution in [1.82, 2.24) is 10.3 Å². The topological polar surface area (TPSA) is 28.2 Å². The van der Waals surface area contributed by atoms with Crippen LogP contribution in [0.5, 0.6) is 0 Å². The molecule has 1 N–H and O–H groups in total. The molecule has 1 heterocycles.